The van der Waals surface area contributed by atoms with Gasteiger partial charge in [0.2, 0.25) is 5.78 Å². The van der Waals surface area contributed by atoms with Crippen molar-refractivity contribution in [3.8, 4) is 11.5 Å². The number of hydrogen-bond donors (Lipinski definition) is 1. The maximum absolute atomic E-state index is 13.4. The summed E-state index contributed by atoms with van der Waals surface area (Å²) in [5, 5.41) is 10.9. The number of nitrogens with zero attached hydrogens (tertiary/aromatic N) is 1. The standard InChI is InChI=1S/C26H25NO6/c1-5-32-21-14-17(10-11-19(21)31-4)23-22(24(28)20-7-6-12-33-20)25(29)26(30)27(23)18-13-15(2)8-9-16(18)3/h6-14,23,29H,5H2,1-4H3. The summed E-state index contributed by atoms with van der Waals surface area (Å²) in [6.45, 7) is 6.05. The smallest absolute Gasteiger partial charge is 0.294 e. The number of Topliss-reactive ketones (excluding diaryl/α,β-unsaturated/α-hetero) is 1. The first kappa shape index (κ1) is 22.2. The van der Waals surface area contributed by atoms with Crippen LogP contribution in [0.3, 0.4) is 0 Å². The molecule has 1 aliphatic rings. The Balaban J connectivity index is 1.93. The summed E-state index contributed by atoms with van der Waals surface area (Å²) in [5.41, 5.74) is 2.91. The van der Waals surface area contributed by atoms with E-state index < -0.39 is 23.5 Å². The second kappa shape index (κ2) is 8.86. The lowest BCUT2D eigenvalue weighted by atomic mass is 9.94. The van der Waals surface area contributed by atoms with E-state index in [-0.39, 0.29) is 11.3 Å². The number of anilines is 1. The number of aryl methyl sites for hydroxylation is 2. The number of methoxy groups -OCH3 is 1. The molecule has 1 aliphatic heterocycles. The van der Waals surface area contributed by atoms with E-state index in [9.17, 15) is 14.7 Å². The third-order valence-corrected chi connectivity index (χ3v) is 5.63. The minimum Gasteiger partial charge on any atom is -0.503 e. The number of carbonyl (C=O) groups is 2. The fourth-order valence-electron chi connectivity index (χ4n) is 4.05. The lowest BCUT2D eigenvalue weighted by Crippen LogP contribution is -2.31. The van der Waals surface area contributed by atoms with Gasteiger partial charge in [-0.15, -0.1) is 0 Å². The molecule has 0 saturated heterocycles. The van der Waals surface area contributed by atoms with Crippen LogP contribution in [-0.2, 0) is 4.79 Å². The van der Waals surface area contributed by atoms with Crippen molar-refractivity contribution in [2.75, 3.05) is 18.6 Å². The van der Waals surface area contributed by atoms with Crippen molar-refractivity contribution >= 4 is 17.4 Å². The summed E-state index contributed by atoms with van der Waals surface area (Å²) >= 11 is 0. The number of amides is 1. The average Bonchev–Trinajstić information content (AvgIpc) is 3.43. The Morgan fingerprint density at radius 1 is 1.12 bits per heavy atom. The Kier molecular flexibility index (Phi) is 5.96. The summed E-state index contributed by atoms with van der Waals surface area (Å²) in [5.74, 6) is -0.779. The van der Waals surface area contributed by atoms with Crippen molar-refractivity contribution in [2.45, 2.75) is 26.8 Å². The van der Waals surface area contributed by atoms with Crippen molar-refractivity contribution in [1.82, 2.24) is 0 Å². The van der Waals surface area contributed by atoms with Gasteiger partial charge < -0.3 is 19.0 Å². The van der Waals surface area contributed by atoms with Gasteiger partial charge in [0.05, 0.1) is 31.6 Å². The van der Waals surface area contributed by atoms with Gasteiger partial charge in [-0.2, -0.15) is 0 Å². The molecule has 33 heavy (non-hydrogen) atoms. The summed E-state index contributed by atoms with van der Waals surface area (Å²) in [4.78, 5) is 28.2. The van der Waals surface area contributed by atoms with Crippen LogP contribution >= 0.6 is 0 Å². The number of aliphatic hydroxyl groups is 1. The SMILES string of the molecule is CCOc1cc(C2C(C(=O)c3ccco3)=C(O)C(=O)N2c2cc(C)ccc2C)ccc1OC. The van der Waals surface area contributed by atoms with E-state index in [1.807, 2.05) is 39.0 Å². The largest absolute Gasteiger partial charge is 0.503 e. The predicted octanol–water partition coefficient (Wildman–Crippen LogP) is 5.09. The van der Waals surface area contributed by atoms with Gasteiger partial charge >= 0.3 is 0 Å². The van der Waals surface area contributed by atoms with Crippen molar-refractivity contribution in [2.24, 2.45) is 0 Å². The molecule has 1 amide bonds. The molecule has 7 heteroatoms. The molecule has 2 aromatic carbocycles. The van der Waals surface area contributed by atoms with Crippen molar-refractivity contribution in [1.29, 1.82) is 0 Å². The number of rotatable bonds is 7. The Morgan fingerprint density at radius 2 is 1.91 bits per heavy atom. The van der Waals surface area contributed by atoms with Crippen molar-refractivity contribution < 1.29 is 28.6 Å². The number of furan rings is 1. The molecule has 1 aromatic heterocycles. The van der Waals surface area contributed by atoms with E-state index in [2.05, 4.69) is 0 Å². The Morgan fingerprint density at radius 3 is 2.58 bits per heavy atom. The quantitative estimate of drug-likeness (QED) is 0.508. The first-order valence-electron chi connectivity index (χ1n) is 10.6. The second-order valence-corrected chi connectivity index (χ2v) is 7.78. The first-order chi connectivity index (χ1) is 15.9. The highest BCUT2D eigenvalue weighted by atomic mass is 16.5. The lowest BCUT2D eigenvalue weighted by Gasteiger charge is -2.29. The molecule has 0 spiro atoms. The molecule has 3 aromatic rings. The summed E-state index contributed by atoms with van der Waals surface area (Å²) in [6, 6.07) is 13.1. The predicted molar refractivity (Wildman–Crippen MR) is 123 cm³/mol. The molecular formula is C26H25NO6. The lowest BCUT2D eigenvalue weighted by molar-refractivity contribution is -0.117. The molecule has 1 N–H and O–H groups in total. The van der Waals surface area contributed by atoms with Crippen LogP contribution < -0.4 is 14.4 Å². The maximum atomic E-state index is 13.4. The van der Waals surface area contributed by atoms with Gasteiger partial charge in [0.1, 0.15) is 0 Å². The Labute approximate surface area is 191 Å². The minimum absolute atomic E-state index is 0.0377. The van der Waals surface area contributed by atoms with E-state index in [1.54, 1.807) is 24.3 Å². The minimum atomic E-state index is -0.888. The van der Waals surface area contributed by atoms with Crippen LogP contribution in [0.5, 0.6) is 11.5 Å². The molecule has 0 fully saturated rings. The molecule has 1 atom stereocenters. The molecule has 4 rings (SSSR count). The highest BCUT2D eigenvalue weighted by molar-refractivity contribution is 6.20. The van der Waals surface area contributed by atoms with Gasteiger partial charge in [-0.1, -0.05) is 18.2 Å². The summed E-state index contributed by atoms with van der Waals surface area (Å²) in [7, 11) is 1.54. The number of aliphatic hydroxyl groups excluding tert-OH is 1. The molecule has 2 heterocycles. The molecular weight excluding hydrogens is 422 g/mol. The van der Waals surface area contributed by atoms with Gasteiger partial charge in [0, 0.05) is 5.69 Å². The van der Waals surface area contributed by atoms with Crippen LogP contribution in [-0.4, -0.2) is 30.5 Å². The van der Waals surface area contributed by atoms with Gasteiger partial charge in [-0.25, -0.2) is 0 Å². The number of ketones is 1. The van der Waals surface area contributed by atoms with Crippen LogP contribution in [0.2, 0.25) is 0 Å². The van der Waals surface area contributed by atoms with Gasteiger partial charge in [-0.05, 0) is 67.8 Å². The van der Waals surface area contributed by atoms with Crippen molar-refractivity contribution in [3.63, 3.8) is 0 Å². The Bertz CT molecular complexity index is 1240. The van der Waals surface area contributed by atoms with Crippen LogP contribution in [0.1, 0.15) is 40.2 Å². The molecule has 7 nitrogen and oxygen atoms in total. The first-order valence-corrected chi connectivity index (χ1v) is 10.6. The van der Waals surface area contributed by atoms with E-state index >= 15 is 0 Å². The summed E-state index contributed by atoms with van der Waals surface area (Å²) < 4.78 is 16.4. The van der Waals surface area contributed by atoms with Crippen LogP contribution in [0, 0.1) is 13.8 Å². The van der Waals surface area contributed by atoms with E-state index in [0.29, 0.717) is 29.4 Å². The van der Waals surface area contributed by atoms with E-state index in [1.165, 1.54) is 24.3 Å². The fraction of sp³-hybridized carbons (Fsp3) is 0.231. The van der Waals surface area contributed by atoms with Gasteiger partial charge in [0.15, 0.2) is 23.0 Å². The van der Waals surface area contributed by atoms with Gasteiger partial charge in [-0.3, -0.25) is 14.5 Å². The number of hydrogen-bond acceptors (Lipinski definition) is 6. The fourth-order valence-corrected chi connectivity index (χ4v) is 4.05. The van der Waals surface area contributed by atoms with E-state index in [4.69, 9.17) is 13.9 Å². The molecule has 0 saturated carbocycles. The zero-order valence-corrected chi connectivity index (χ0v) is 18.9. The monoisotopic (exact) mass is 447 g/mol. The maximum Gasteiger partial charge on any atom is 0.294 e. The Hall–Kier alpha value is -4.00. The highest BCUT2D eigenvalue weighted by Gasteiger charge is 2.46. The van der Waals surface area contributed by atoms with Crippen LogP contribution in [0.15, 0.2) is 70.5 Å². The topological polar surface area (TPSA) is 89.2 Å². The zero-order chi connectivity index (χ0) is 23.7. The second-order valence-electron chi connectivity index (χ2n) is 7.78. The third kappa shape index (κ3) is 3.86. The summed E-state index contributed by atoms with van der Waals surface area (Å²) in [6.07, 6.45) is 1.37. The molecule has 0 aliphatic carbocycles. The normalized spacial score (nSPS) is 15.8. The molecule has 170 valence electrons. The molecule has 0 bridgehead atoms. The number of carbonyl (C=O) groups excluding carboxylic acids is 2. The number of benzene rings is 2. The highest BCUT2D eigenvalue weighted by Crippen LogP contribution is 2.45. The zero-order valence-electron chi connectivity index (χ0n) is 18.9. The van der Waals surface area contributed by atoms with E-state index in [0.717, 1.165) is 11.1 Å². The van der Waals surface area contributed by atoms with Crippen molar-refractivity contribution in [3.05, 3.63) is 88.6 Å². The van der Waals surface area contributed by atoms with Gasteiger partial charge in [0.25, 0.3) is 5.91 Å². The molecule has 1 unspecified atom stereocenters. The average molecular weight is 447 g/mol. The number of ether oxygens (including phenoxy) is 2. The van der Waals surface area contributed by atoms with Crippen LogP contribution in [0.4, 0.5) is 5.69 Å². The third-order valence-electron chi connectivity index (χ3n) is 5.63. The van der Waals surface area contributed by atoms with Crippen LogP contribution in [0.25, 0.3) is 0 Å². The molecule has 0 radical (unpaired) electrons.